The van der Waals surface area contributed by atoms with E-state index < -0.39 is 5.97 Å². The minimum atomic E-state index is -0.805. The number of hydrogen-bond acceptors (Lipinski definition) is 3. The first-order chi connectivity index (χ1) is 8.15. The molecule has 1 heterocycles. The maximum Gasteiger partial charge on any atom is 0.303 e. The van der Waals surface area contributed by atoms with Gasteiger partial charge in [-0.2, -0.15) is 0 Å². The fourth-order valence-electron chi connectivity index (χ4n) is 1.51. The molecule has 1 N–H and O–H groups in total. The number of unbranched alkanes of at least 4 members (excludes halogenated alkanes) is 1. The van der Waals surface area contributed by atoms with Gasteiger partial charge in [-0.3, -0.25) is 9.59 Å². The van der Waals surface area contributed by atoms with Crippen molar-refractivity contribution in [1.29, 1.82) is 0 Å². The molecular weight excluding hydrogens is 222 g/mol. The van der Waals surface area contributed by atoms with Crippen molar-refractivity contribution in [3.63, 3.8) is 0 Å². The number of aromatic nitrogens is 1. The zero-order valence-corrected chi connectivity index (χ0v) is 9.89. The molecule has 1 aromatic heterocycles. The molecule has 0 fully saturated rings. The summed E-state index contributed by atoms with van der Waals surface area (Å²) in [5, 5.41) is 8.49. The number of pyridine rings is 1. The first kappa shape index (κ1) is 13.3. The van der Waals surface area contributed by atoms with Crippen molar-refractivity contribution in [2.45, 2.75) is 32.7 Å². The van der Waals surface area contributed by atoms with E-state index >= 15 is 0 Å². The molecule has 0 aromatic carbocycles. The number of aryl methyl sites for hydroxylation is 1. The molecule has 0 aliphatic carbocycles. The molecule has 94 valence electrons. The average Bonchev–Trinajstić information content (AvgIpc) is 2.29. The Morgan fingerprint density at radius 2 is 2.24 bits per heavy atom. The van der Waals surface area contributed by atoms with Crippen LogP contribution in [0.15, 0.2) is 23.1 Å². The third kappa shape index (κ3) is 4.30. The monoisotopic (exact) mass is 239 g/mol. The van der Waals surface area contributed by atoms with Crippen LogP contribution in [0.1, 0.15) is 26.2 Å². The van der Waals surface area contributed by atoms with Gasteiger partial charge >= 0.3 is 5.97 Å². The van der Waals surface area contributed by atoms with Gasteiger partial charge in [0.2, 0.25) is 0 Å². The Bertz CT molecular complexity index is 425. The number of carboxylic acid groups (broad SMARTS) is 1. The van der Waals surface area contributed by atoms with Gasteiger partial charge in [0.25, 0.3) is 5.56 Å². The van der Waals surface area contributed by atoms with Gasteiger partial charge in [0.15, 0.2) is 5.75 Å². The lowest BCUT2D eigenvalue weighted by molar-refractivity contribution is -0.137. The lowest BCUT2D eigenvalue weighted by atomic mass is 10.2. The zero-order valence-electron chi connectivity index (χ0n) is 9.89. The van der Waals surface area contributed by atoms with Gasteiger partial charge in [-0.25, -0.2) is 0 Å². The Hall–Kier alpha value is -1.78. The van der Waals surface area contributed by atoms with Crippen LogP contribution in [-0.4, -0.2) is 22.2 Å². The normalized spacial score (nSPS) is 10.2. The van der Waals surface area contributed by atoms with Crippen LogP contribution in [0.3, 0.4) is 0 Å². The van der Waals surface area contributed by atoms with Crippen LogP contribution in [0.2, 0.25) is 0 Å². The second-order valence-electron chi connectivity index (χ2n) is 3.65. The number of aliphatic carboxylic acids is 1. The standard InChI is InChI=1S/C12H17NO4/c1-2-17-10-6-5-9-13(12(10)16)8-4-3-7-11(14)15/h5-6,9H,2-4,7-8H2,1H3,(H,14,15). The van der Waals surface area contributed by atoms with E-state index in [-0.39, 0.29) is 12.0 Å². The molecule has 1 aromatic rings. The Morgan fingerprint density at radius 1 is 1.47 bits per heavy atom. The zero-order chi connectivity index (χ0) is 12.7. The summed E-state index contributed by atoms with van der Waals surface area (Å²) in [6.07, 6.45) is 3.06. The van der Waals surface area contributed by atoms with Gasteiger partial charge in [-0.15, -0.1) is 0 Å². The van der Waals surface area contributed by atoms with Crippen molar-refractivity contribution in [1.82, 2.24) is 4.57 Å². The Balaban J connectivity index is 2.56. The van der Waals surface area contributed by atoms with Crippen LogP contribution in [0.5, 0.6) is 5.75 Å². The van der Waals surface area contributed by atoms with Gasteiger partial charge in [-0.05, 0) is 31.9 Å². The van der Waals surface area contributed by atoms with E-state index in [4.69, 9.17) is 9.84 Å². The highest BCUT2D eigenvalue weighted by molar-refractivity contribution is 5.66. The summed E-state index contributed by atoms with van der Waals surface area (Å²) < 4.78 is 6.74. The van der Waals surface area contributed by atoms with E-state index in [1.165, 1.54) is 0 Å². The highest BCUT2D eigenvalue weighted by atomic mass is 16.5. The van der Waals surface area contributed by atoms with Gasteiger partial charge in [0, 0.05) is 19.2 Å². The highest BCUT2D eigenvalue weighted by Crippen LogP contribution is 2.03. The largest absolute Gasteiger partial charge is 0.488 e. The summed E-state index contributed by atoms with van der Waals surface area (Å²) in [4.78, 5) is 22.1. The fourth-order valence-corrected chi connectivity index (χ4v) is 1.51. The molecule has 0 aliphatic heterocycles. The predicted octanol–water partition coefficient (Wildman–Crippen LogP) is 1.50. The molecule has 0 unspecified atom stereocenters. The average molecular weight is 239 g/mol. The molecule has 0 radical (unpaired) electrons. The van der Waals surface area contributed by atoms with Gasteiger partial charge in [0.1, 0.15) is 0 Å². The minimum absolute atomic E-state index is 0.139. The van der Waals surface area contributed by atoms with Crippen molar-refractivity contribution < 1.29 is 14.6 Å². The van der Waals surface area contributed by atoms with E-state index in [1.54, 1.807) is 22.9 Å². The van der Waals surface area contributed by atoms with E-state index in [9.17, 15) is 9.59 Å². The van der Waals surface area contributed by atoms with Gasteiger partial charge in [0.05, 0.1) is 6.61 Å². The molecule has 0 saturated heterocycles. The number of carbonyl (C=O) groups is 1. The molecule has 0 bridgehead atoms. The van der Waals surface area contributed by atoms with Crippen molar-refractivity contribution in [3.05, 3.63) is 28.7 Å². The van der Waals surface area contributed by atoms with Gasteiger partial charge < -0.3 is 14.4 Å². The number of rotatable bonds is 7. The second kappa shape index (κ2) is 6.73. The summed E-state index contributed by atoms with van der Waals surface area (Å²) >= 11 is 0. The van der Waals surface area contributed by atoms with Crippen LogP contribution < -0.4 is 10.3 Å². The highest BCUT2D eigenvalue weighted by Gasteiger charge is 2.03. The number of carboxylic acids is 1. The Labute approximate surface area is 99.6 Å². The van der Waals surface area contributed by atoms with Crippen LogP contribution in [-0.2, 0) is 11.3 Å². The summed E-state index contributed by atoms with van der Waals surface area (Å²) in [7, 11) is 0. The lowest BCUT2D eigenvalue weighted by Gasteiger charge is -2.07. The third-order valence-electron chi connectivity index (χ3n) is 2.32. The van der Waals surface area contributed by atoms with Crippen LogP contribution in [0.4, 0.5) is 0 Å². The summed E-state index contributed by atoms with van der Waals surface area (Å²) in [6.45, 7) is 2.80. The van der Waals surface area contributed by atoms with Gasteiger partial charge in [-0.1, -0.05) is 0 Å². The van der Waals surface area contributed by atoms with Crippen molar-refractivity contribution in [2.24, 2.45) is 0 Å². The molecule has 0 spiro atoms. The number of nitrogens with zero attached hydrogens (tertiary/aromatic N) is 1. The van der Waals surface area contributed by atoms with Crippen LogP contribution in [0.25, 0.3) is 0 Å². The van der Waals surface area contributed by atoms with Crippen molar-refractivity contribution in [2.75, 3.05) is 6.61 Å². The van der Waals surface area contributed by atoms with Crippen LogP contribution in [0, 0.1) is 0 Å². The molecular formula is C12H17NO4. The second-order valence-corrected chi connectivity index (χ2v) is 3.65. The minimum Gasteiger partial charge on any atom is -0.488 e. The maximum atomic E-state index is 11.8. The third-order valence-corrected chi connectivity index (χ3v) is 2.32. The van der Waals surface area contributed by atoms with E-state index in [0.29, 0.717) is 31.7 Å². The molecule has 17 heavy (non-hydrogen) atoms. The van der Waals surface area contributed by atoms with E-state index in [2.05, 4.69) is 0 Å². The smallest absolute Gasteiger partial charge is 0.303 e. The maximum absolute atomic E-state index is 11.8. The topological polar surface area (TPSA) is 68.5 Å². The number of ether oxygens (including phenoxy) is 1. The van der Waals surface area contributed by atoms with E-state index in [0.717, 1.165) is 0 Å². The quantitative estimate of drug-likeness (QED) is 0.732. The molecule has 0 aliphatic rings. The summed E-state index contributed by atoms with van der Waals surface area (Å²) in [5.41, 5.74) is -0.162. The molecule has 0 saturated carbocycles. The first-order valence-corrected chi connectivity index (χ1v) is 5.69. The summed E-state index contributed by atoms with van der Waals surface area (Å²) in [5.74, 6) is -0.464. The Morgan fingerprint density at radius 3 is 2.88 bits per heavy atom. The molecule has 5 nitrogen and oxygen atoms in total. The SMILES string of the molecule is CCOc1cccn(CCCCC(=O)O)c1=O. The molecule has 1 rings (SSSR count). The molecule has 0 atom stereocenters. The fraction of sp³-hybridized carbons (Fsp3) is 0.500. The first-order valence-electron chi connectivity index (χ1n) is 5.69. The molecule has 0 amide bonds. The van der Waals surface area contributed by atoms with E-state index in [1.807, 2.05) is 6.92 Å². The molecule has 5 heteroatoms. The Kier molecular flexibility index (Phi) is 5.26. The lowest BCUT2D eigenvalue weighted by Crippen LogP contribution is -2.21. The predicted molar refractivity (Wildman–Crippen MR) is 63.4 cm³/mol. The van der Waals surface area contributed by atoms with Crippen molar-refractivity contribution >= 4 is 5.97 Å². The van der Waals surface area contributed by atoms with Crippen molar-refractivity contribution in [3.8, 4) is 5.75 Å². The number of hydrogen-bond donors (Lipinski definition) is 1. The van der Waals surface area contributed by atoms with Crippen LogP contribution >= 0.6 is 0 Å². The summed E-state index contributed by atoms with van der Waals surface area (Å²) in [6, 6.07) is 3.39.